The van der Waals surface area contributed by atoms with Gasteiger partial charge < -0.3 is 11.1 Å². The number of nitrogens with one attached hydrogen (secondary N) is 1. The standard InChI is InChI=1S/C14H17ClN4O/c1-9-12(8-18-19(9)2)7-17-6-11-4-3-10(14(16)20)5-13(11)15/h3-5,8,17H,6-7H2,1-2H3,(H2,16,20). The zero-order valence-electron chi connectivity index (χ0n) is 11.5. The first-order valence-corrected chi connectivity index (χ1v) is 6.63. The number of aryl methyl sites for hydroxylation is 1. The quantitative estimate of drug-likeness (QED) is 0.882. The molecule has 0 spiro atoms. The van der Waals surface area contributed by atoms with Gasteiger partial charge in [0.2, 0.25) is 5.91 Å². The minimum absolute atomic E-state index is 0.418. The van der Waals surface area contributed by atoms with E-state index in [-0.39, 0.29) is 0 Å². The number of aromatic nitrogens is 2. The summed E-state index contributed by atoms with van der Waals surface area (Å²) in [5, 5.41) is 8.04. The van der Waals surface area contributed by atoms with Gasteiger partial charge in [0.25, 0.3) is 0 Å². The van der Waals surface area contributed by atoms with E-state index in [4.69, 9.17) is 17.3 Å². The number of halogens is 1. The molecular weight excluding hydrogens is 276 g/mol. The van der Waals surface area contributed by atoms with Crippen molar-refractivity contribution in [3.8, 4) is 0 Å². The van der Waals surface area contributed by atoms with Gasteiger partial charge in [-0.25, -0.2) is 0 Å². The second-order valence-electron chi connectivity index (χ2n) is 4.65. The lowest BCUT2D eigenvalue weighted by Crippen LogP contribution is -2.15. The molecule has 0 aliphatic heterocycles. The average Bonchev–Trinajstić information content (AvgIpc) is 2.72. The molecule has 1 aromatic heterocycles. The summed E-state index contributed by atoms with van der Waals surface area (Å²) in [5.74, 6) is -0.475. The van der Waals surface area contributed by atoms with Crippen LogP contribution in [0.5, 0.6) is 0 Å². The highest BCUT2D eigenvalue weighted by Crippen LogP contribution is 2.18. The molecule has 3 N–H and O–H groups in total. The van der Waals surface area contributed by atoms with Crippen LogP contribution in [0.2, 0.25) is 5.02 Å². The fourth-order valence-corrected chi connectivity index (χ4v) is 2.14. The molecule has 2 aromatic rings. The van der Waals surface area contributed by atoms with E-state index in [0.29, 0.717) is 23.7 Å². The topological polar surface area (TPSA) is 72.9 Å². The number of carbonyl (C=O) groups excluding carboxylic acids is 1. The Balaban J connectivity index is 1.98. The normalized spacial score (nSPS) is 10.8. The van der Waals surface area contributed by atoms with Crippen LogP contribution in [-0.4, -0.2) is 15.7 Å². The van der Waals surface area contributed by atoms with Gasteiger partial charge in [-0.3, -0.25) is 9.48 Å². The van der Waals surface area contributed by atoms with Crippen LogP contribution in [0.4, 0.5) is 0 Å². The van der Waals surface area contributed by atoms with Crippen LogP contribution in [0, 0.1) is 6.92 Å². The lowest BCUT2D eigenvalue weighted by molar-refractivity contribution is 0.100. The molecule has 0 saturated carbocycles. The molecule has 6 heteroatoms. The van der Waals surface area contributed by atoms with Crippen LogP contribution in [0.25, 0.3) is 0 Å². The van der Waals surface area contributed by atoms with E-state index < -0.39 is 5.91 Å². The van der Waals surface area contributed by atoms with Crippen LogP contribution in [0.3, 0.4) is 0 Å². The van der Waals surface area contributed by atoms with Crippen molar-refractivity contribution in [2.24, 2.45) is 12.8 Å². The third kappa shape index (κ3) is 3.18. The van der Waals surface area contributed by atoms with Crippen molar-refractivity contribution in [1.29, 1.82) is 0 Å². The average molecular weight is 293 g/mol. The number of nitrogens with zero attached hydrogens (tertiary/aromatic N) is 2. The van der Waals surface area contributed by atoms with Crippen LogP contribution in [0.1, 0.15) is 27.2 Å². The van der Waals surface area contributed by atoms with Gasteiger partial charge in [-0.05, 0) is 24.6 Å². The number of carbonyl (C=O) groups is 1. The minimum atomic E-state index is -0.475. The summed E-state index contributed by atoms with van der Waals surface area (Å²) in [4.78, 5) is 11.0. The number of rotatable bonds is 5. The fraction of sp³-hybridized carbons (Fsp3) is 0.286. The summed E-state index contributed by atoms with van der Waals surface area (Å²) < 4.78 is 1.84. The van der Waals surface area contributed by atoms with E-state index in [9.17, 15) is 4.79 Å². The molecule has 0 fully saturated rings. The number of primary amides is 1. The molecule has 0 aliphatic carbocycles. The Morgan fingerprint density at radius 2 is 2.10 bits per heavy atom. The second kappa shape index (κ2) is 6.07. The van der Waals surface area contributed by atoms with Crippen molar-refractivity contribution in [1.82, 2.24) is 15.1 Å². The van der Waals surface area contributed by atoms with Gasteiger partial charge in [-0.2, -0.15) is 5.10 Å². The summed E-state index contributed by atoms with van der Waals surface area (Å²) >= 11 is 6.13. The highest BCUT2D eigenvalue weighted by atomic mass is 35.5. The Morgan fingerprint density at radius 3 is 2.65 bits per heavy atom. The summed E-state index contributed by atoms with van der Waals surface area (Å²) in [5.41, 5.74) is 8.84. The molecule has 0 saturated heterocycles. The Hall–Kier alpha value is -1.85. The molecule has 0 radical (unpaired) electrons. The minimum Gasteiger partial charge on any atom is -0.366 e. The smallest absolute Gasteiger partial charge is 0.248 e. The monoisotopic (exact) mass is 292 g/mol. The van der Waals surface area contributed by atoms with Crippen LogP contribution in [0.15, 0.2) is 24.4 Å². The zero-order valence-corrected chi connectivity index (χ0v) is 12.2. The van der Waals surface area contributed by atoms with E-state index in [2.05, 4.69) is 10.4 Å². The highest BCUT2D eigenvalue weighted by Gasteiger charge is 2.07. The first-order chi connectivity index (χ1) is 9.49. The Labute approximate surface area is 122 Å². The Bertz CT molecular complexity index is 636. The van der Waals surface area contributed by atoms with Gasteiger partial charge in [0.05, 0.1) is 6.20 Å². The predicted molar refractivity (Wildman–Crippen MR) is 78.5 cm³/mol. The molecule has 5 nitrogen and oxygen atoms in total. The van der Waals surface area contributed by atoms with Crippen LogP contribution in [-0.2, 0) is 20.1 Å². The van der Waals surface area contributed by atoms with Crippen molar-refractivity contribution < 1.29 is 4.79 Å². The summed E-state index contributed by atoms with van der Waals surface area (Å²) in [6, 6.07) is 5.09. The van der Waals surface area contributed by atoms with Crippen LogP contribution >= 0.6 is 11.6 Å². The lowest BCUT2D eigenvalue weighted by atomic mass is 10.1. The SMILES string of the molecule is Cc1c(CNCc2ccc(C(N)=O)cc2Cl)cnn1C. The second-order valence-corrected chi connectivity index (χ2v) is 5.06. The molecule has 0 unspecified atom stereocenters. The molecule has 2 rings (SSSR count). The van der Waals surface area contributed by atoms with E-state index in [1.54, 1.807) is 12.1 Å². The molecule has 1 heterocycles. The first kappa shape index (κ1) is 14.6. The van der Waals surface area contributed by atoms with Crippen molar-refractivity contribution in [2.45, 2.75) is 20.0 Å². The first-order valence-electron chi connectivity index (χ1n) is 6.25. The molecule has 0 aliphatic rings. The van der Waals surface area contributed by atoms with Gasteiger partial charge >= 0.3 is 0 Å². The number of benzene rings is 1. The lowest BCUT2D eigenvalue weighted by Gasteiger charge is -2.07. The maximum absolute atomic E-state index is 11.0. The summed E-state index contributed by atoms with van der Waals surface area (Å²) in [6.07, 6.45) is 1.85. The van der Waals surface area contributed by atoms with Gasteiger partial charge in [0.15, 0.2) is 0 Å². The van der Waals surface area contributed by atoms with Crippen molar-refractivity contribution >= 4 is 17.5 Å². The van der Waals surface area contributed by atoms with Gasteiger partial charge in [-0.15, -0.1) is 0 Å². The summed E-state index contributed by atoms with van der Waals surface area (Å²) in [6.45, 7) is 3.36. The van der Waals surface area contributed by atoms with E-state index in [1.807, 2.05) is 30.9 Å². The number of hydrogen-bond acceptors (Lipinski definition) is 3. The van der Waals surface area contributed by atoms with Gasteiger partial charge in [0.1, 0.15) is 0 Å². The molecule has 1 aromatic carbocycles. The molecule has 0 bridgehead atoms. The van der Waals surface area contributed by atoms with Crippen molar-refractivity contribution in [3.05, 3.63) is 51.8 Å². The highest BCUT2D eigenvalue weighted by molar-refractivity contribution is 6.31. The van der Waals surface area contributed by atoms with Crippen LogP contribution < -0.4 is 11.1 Å². The largest absolute Gasteiger partial charge is 0.366 e. The molecular formula is C14H17ClN4O. The maximum Gasteiger partial charge on any atom is 0.248 e. The molecule has 1 amide bonds. The number of amides is 1. The fourth-order valence-electron chi connectivity index (χ4n) is 1.89. The third-order valence-electron chi connectivity index (χ3n) is 3.31. The summed E-state index contributed by atoms with van der Waals surface area (Å²) in [7, 11) is 1.91. The van der Waals surface area contributed by atoms with Gasteiger partial charge in [0, 0.05) is 42.0 Å². The Morgan fingerprint density at radius 1 is 1.40 bits per heavy atom. The molecule has 0 atom stereocenters. The zero-order chi connectivity index (χ0) is 14.7. The van der Waals surface area contributed by atoms with E-state index in [0.717, 1.165) is 16.8 Å². The molecule has 20 heavy (non-hydrogen) atoms. The van der Waals surface area contributed by atoms with E-state index in [1.165, 1.54) is 0 Å². The van der Waals surface area contributed by atoms with Crippen molar-refractivity contribution in [3.63, 3.8) is 0 Å². The molecule has 106 valence electrons. The third-order valence-corrected chi connectivity index (χ3v) is 3.66. The number of nitrogens with two attached hydrogens (primary N) is 1. The number of hydrogen-bond donors (Lipinski definition) is 2. The van der Waals surface area contributed by atoms with Gasteiger partial charge in [-0.1, -0.05) is 17.7 Å². The van der Waals surface area contributed by atoms with Crippen molar-refractivity contribution in [2.75, 3.05) is 0 Å². The van der Waals surface area contributed by atoms with E-state index >= 15 is 0 Å². The maximum atomic E-state index is 11.0. The predicted octanol–water partition coefficient (Wildman–Crippen LogP) is 1.77. The Kier molecular flexibility index (Phi) is 4.42.